The first-order chi connectivity index (χ1) is 29.0. The molecule has 60 heavy (non-hydrogen) atoms. The van der Waals surface area contributed by atoms with Crippen LogP contribution in [0.4, 0.5) is 4.79 Å². The van der Waals surface area contributed by atoms with Crippen LogP contribution in [0.15, 0.2) is 43.0 Å². The summed E-state index contributed by atoms with van der Waals surface area (Å²) >= 11 is 0. The number of fused-ring (bicyclic) bond motifs is 11. The second-order valence-corrected chi connectivity index (χ2v) is 19.3. The third kappa shape index (κ3) is 9.14. The smallest absolute Gasteiger partial charge is 0.318 e. The lowest BCUT2D eigenvalue weighted by molar-refractivity contribution is -0.142. The maximum absolute atomic E-state index is 15.1. The number of hydrogen-bond acceptors (Lipinski definition) is 10. The largest absolute Gasteiger partial charge is 0.497 e. The highest BCUT2D eigenvalue weighted by atomic mass is 32.2. The first kappa shape index (κ1) is 42.0. The van der Waals surface area contributed by atoms with Crippen molar-refractivity contribution in [1.82, 2.24) is 30.1 Å². The van der Waals surface area contributed by atoms with Crippen LogP contribution in [0.5, 0.6) is 11.6 Å². The Kier molecular flexibility index (Phi) is 12.4. The SMILES string of the molecule is C=C[C@H]1C[C@]1(NC(=O)[C@@H]1C[C@@H]2CN1C(=O)[C@H](C1CCCCC1)NC(=O)N1CCC(CC1)OCCCC/C=C/c1cc3ccc(OC)cc3nc1O2)C(=O)NS(=O)(=O)C1CC1. The number of ether oxygens (including phenoxy) is 3. The molecule has 5 amide bonds. The van der Waals surface area contributed by atoms with Crippen LogP contribution >= 0.6 is 0 Å². The minimum absolute atomic E-state index is 0.0138. The molecule has 16 heteroatoms. The number of aromatic nitrogens is 1. The molecule has 9 rings (SSSR count). The molecule has 1 aromatic heterocycles. The van der Waals surface area contributed by atoms with E-state index in [1.807, 2.05) is 30.3 Å². The molecule has 15 nitrogen and oxygen atoms in total. The van der Waals surface area contributed by atoms with E-state index in [0.717, 1.165) is 62.3 Å². The fourth-order valence-electron chi connectivity index (χ4n) is 9.34. The van der Waals surface area contributed by atoms with Crippen LogP contribution in [0.1, 0.15) is 95.5 Å². The van der Waals surface area contributed by atoms with Gasteiger partial charge in [0.1, 0.15) is 29.5 Å². The predicted molar refractivity (Wildman–Crippen MR) is 224 cm³/mol. The van der Waals surface area contributed by atoms with E-state index in [1.165, 1.54) is 11.0 Å². The number of methoxy groups -OCH3 is 1. The molecule has 5 fully saturated rings. The van der Waals surface area contributed by atoms with E-state index < -0.39 is 62.6 Å². The van der Waals surface area contributed by atoms with E-state index in [4.69, 9.17) is 19.2 Å². The maximum atomic E-state index is 15.1. The Labute approximate surface area is 352 Å². The summed E-state index contributed by atoms with van der Waals surface area (Å²) < 4.78 is 46.3. The van der Waals surface area contributed by atoms with Crippen molar-refractivity contribution in [2.75, 3.05) is 33.4 Å². The zero-order valence-corrected chi connectivity index (χ0v) is 35.3. The number of sulfonamides is 1. The Hall–Kier alpha value is -4.70. The minimum atomic E-state index is -3.90. The van der Waals surface area contributed by atoms with Gasteiger partial charge in [-0.2, -0.15) is 0 Å². The van der Waals surface area contributed by atoms with Gasteiger partial charge < -0.3 is 34.6 Å². The molecule has 3 saturated carbocycles. The summed E-state index contributed by atoms with van der Waals surface area (Å²) in [4.78, 5) is 65.6. The maximum Gasteiger partial charge on any atom is 0.318 e. The summed E-state index contributed by atoms with van der Waals surface area (Å²) in [5.41, 5.74) is -0.161. The van der Waals surface area contributed by atoms with E-state index in [2.05, 4.69) is 28.0 Å². The van der Waals surface area contributed by atoms with Crippen molar-refractivity contribution in [1.29, 1.82) is 0 Å². The lowest BCUT2D eigenvalue weighted by Gasteiger charge is -2.37. The van der Waals surface area contributed by atoms with Gasteiger partial charge in [0.15, 0.2) is 0 Å². The van der Waals surface area contributed by atoms with Gasteiger partial charge in [-0.05, 0) is 88.3 Å². The van der Waals surface area contributed by atoms with E-state index in [-0.39, 0.29) is 37.4 Å². The summed E-state index contributed by atoms with van der Waals surface area (Å²) in [6.45, 7) is 5.50. The molecule has 3 aliphatic carbocycles. The number of piperidine rings is 1. The van der Waals surface area contributed by atoms with E-state index in [1.54, 1.807) is 12.0 Å². The molecule has 2 aromatic rings. The summed E-state index contributed by atoms with van der Waals surface area (Å²) in [6.07, 6.45) is 14.5. The zero-order valence-electron chi connectivity index (χ0n) is 34.4. The molecule has 7 aliphatic rings. The van der Waals surface area contributed by atoms with Crippen LogP contribution in [-0.2, 0) is 29.1 Å². The van der Waals surface area contributed by atoms with Crippen LogP contribution in [-0.4, -0.2) is 115 Å². The van der Waals surface area contributed by atoms with Gasteiger partial charge in [-0.1, -0.05) is 37.5 Å². The highest BCUT2D eigenvalue weighted by Gasteiger charge is 2.62. The quantitative estimate of drug-likeness (QED) is 0.318. The highest BCUT2D eigenvalue weighted by Crippen LogP contribution is 2.46. The van der Waals surface area contributed by atoms with Crippen molar-refractivity contribution in [2.45, 2.75) is 125 Å². The van der Waals surface area contributed by atoms with Crippen LogP contribution in [0, 0.1) is 11.8 Å². The molecule has 0 radical (unpaired) electrons. The third-order valence-electron chi connectivity index (χ3n) is 13.2. The molecule has 4 bridgehead atoms. The van der Waals surface area contributed by atoms with Gasteiger partial charge in [0.25, 0.3) is 5.91 Å². The average Bonchev–Trinajstić information content (AvgIpc) is 4.19. The number of benzene rings is 1. The molecule has 1 aromatic carbocycles. The number of nitrogens with one attached hydrogen (secondary N) is 3. The Morgan fingerprint density at radius 1 is 1.02 bits per heavy atom. The molecule has 4 aliphatic heterocycles. The number of pyridine rings is 1. The second-order valence-electron chi connectivity index (χ2n) is 17.4. The molecule has 3 N–H and O–H groups in total. The molecule has 0 unspecified atom stereocenters. The van der Waals surface area contributed by atoms with Crippen LogP contribution < -0.4 is 24.8 Å². The Morgan fingerprint density at radius 3 is 2.52 bits per heavy atom. The molecular weight excluding hydrogens is 789 g/mol. The number of urea groups is 1. The number of carbonyl (C=O) groups is 4. The predicted octanol–water partition coefficient (Wildman–Crippen LogP) is 4.60. The van der Waals surface area contributed by atoms with Gasteiger partial charge in [0.2, 0.25) is 27.7 Å². The summed E-state index contributed by atoms with van der Waals surface area (Å²) in [6, 6.07) is 5.30. The highest BCUT2D eigenvalue weighted by molar-refractivity contribution is 7.91. The zero-order chi connectivity index (χ0) is 42.0. The molecule has 2 saturated heterocycles. The molecular formula is C44H58N6O9S. The fourth-order valence-corrected chi connectivity index (χ4v) is 10.7. The van der Waals surface area contributed by atoms with Crippen molar-refractivity contribution in [3.63, 3.8) is 0 Å². The van der Waals surface area contributed by atoms with E-state index in [9.17, 15) is 22.8 Å². The lowest BCUT2D eigenvalue weighted by atomic mass is 9.83. The summed E-state index contributed by atoms with van der Waals surface area (Å²) in [5, 5.41) is 6.26. The van der Waals surface area contributed by atoms with E-state index in [0.29, 0.717) is 62.5 Å². The lowest BCUT2D eigenvalue weighted by Crippen LogP contribution is -2.60. The van der Waals surface area contributed by atoms with E-state index >= 15 is 4.79 Å². The van der Waals surface area contributed by atoms with Gasteiger partial charge in [-0.25, -0.2) is 18.2 Å². The van der Waals surface area contributed by atoms with Crippen molar-refractivity contribution < 1.29 is 41.8 Å². The van der Waals surface area contributed by atoms with Crippen molar-refractivity contribution in [2.24, 2.45) is 11.8 Å². The molecule has 5 atom stereocenters. The number of allylic oxidation sites excluding steroid dienone is 1. The summed E-state index contributed by atoms with van der Waals surface area (Å²) in [7, 11) is -2.32. The number of hydrogen-bond donors (Lipinski definition) is 3. The number of nitrogens with zero attached hydrogens (tertiary/aromatic N) is 3. The normalized spacial score (nSPS) is 30.0. The van der Waals surface area contributed by atoms with Crippen LogP contribution in [0.3, 0.4) is 0 Å². The van der Waals surface area contributed by atoms with Gasteiger partial charge in [-0.15, -0.1) is 6.58 Å². The Balaban J connectivity index is 1.13. The van der Waals surface area contributed by atoms with Crippen molar-refractivity contribution >= 4 is 50.8 Å². The van der Waals surface area contributed by atoms with Gasteiger partial charge in [-0.3, -0.25) is 19.1 Å². The van der Waals surface area contributed by atoms with Crippen LogP contribution in [0.25, 0.3) is 17.0 Å². The Morgan fingerprint density at radius 2 is 1.80 bits per heavy atom. The standard InChI is InChI=1S/C44H58N6O9S/c1-3-31-26-44(31,42(53)48-60(55,56)35-16-17-35)47-39(51)37-25-34-27-50(37)41(52)38(28-11-8-6-9-12-28)46-43(54)49-20-18-32(19-21-49)58-22-10-5-4-7-13-30-23-29-14-15-33(57-2)24-36(29)45-40(30)59-34/h3,7,13-15,23-24,28,31-32,34-35,37-38H,1,4-6,8-12,16-22,25-27H2,2H3,(H,46,54)(H,47,51)(H,48,53)/b13-7+/t31-,34+,37-,38-,44+/m0/s1. The number of rotatable bonds is 8. The first-order valence-electron chi connectivity index (χ1n) is 21.8. The Bertz CT molecular complexity index is 2110. The monoisotopic (exact) mass is 846 g/mol. The fraction of sp³-hybridized carbons (Fsp3) is 0.614. The number of carbonyl (C=O) groups excluding carboxylic acids is 4. The van der Waals surface area contributed by atoms with Gasteiger partial charge in [0, 0.05) is 49.1 Å². The van der Waals surface area contributed by atoms with Crippen molar-refractivity contribution in [3.05, 3.63) is 48.6 Å². The third-order valence-corrected chi connectivity index (χ3v) is 15.0. The molecule has 5 heterocycles. The van der Waals surface area contributed by atoms with Gasteiger partial charge in [0.05, 0.1) is 30.5 Å². The second kappa shape index (κ2) is 17.7. The van der Waals surface area contributed by atoms with Crippen LogP contribution in [0.2, 0.25) is 0 Å². The minimum Gasteiger partial charge on any atom is -0.497 e. The summed E-state index contributed by atoms with van der Waals surface area (Å²) in [5.74, 6) is -1.52. The topological polar surface area (TPSA) is 186 Å². The number of amides is 5. The first-order valence-corrected chi connectivity index (χ1v) is 23.3. The molecule has 0 spiro atoms. The van der Waals surface area contributed by atoms with Crippen molar-refractivity contribution in [3.8, 4) is 11.6 Å². The average molecular weight is 847 g/mol. The molecule has 324 valence electrons. The van der Waals surface area contributed by atoms with Gasteiger partial charge >= 0.3 is 6.03 Å².